The number of hydrazone groups is 1. The molecule has 1 amide bonds. The van der Waals surface area contributed by atoms with Crippen molar-refractivity contribution in [3.8, 4) is 5.75 Å². The van der Waals surface area contributed by atoms with Gasteiger partial charge in [0.1, 0.15) is 12.4 Å². The van der Waals surface area contributed by atoms with E-state index in [1.54, 1.807) is 54.7 Å². The number of amides is 1. The Labute approximate surface area is 210 Å². The lowest BCUT2D eigenvalue weighted by Gasteiger charge is -2.11. The fraction of sp³-hybridized carbons (Fsp3) is 0.0455. The van der Waals surface area contributed by atoms with Gasteiger partial charge in [-0.25, -0.2) is 10.2 Å². The summed E-state index contributed by atoms with van der Waals surface area (Å²) in [7, 11) is 0. The van der Waals surface area contributed by atoms with E-state index in [0.29, 0.717) is 17.2 Å². The molecule has 0 saturated heterocycles. The van der Waals surface area contributed by atoms with Crippen LogP contribution < -0.4 is 10.2 Å². The average Bonchev–Trinajstić information content (AvgIpc) is 2.73. The third-order valence-electron chi connectivity index (χ3n) is 4.10. The molecule has 0 radical (unpaired) electrons. The van der Waals surface area contributed by atoms with Gasteiger partial charge < -0.3 is 9.84 Å². The molecule has 9 heteroatoms. The quantitative estimate of drug-likeness (QED) is 0.197. The van der Waals surface area contributed by atoms with Crippen LogP contribution in [0.1, 0.15) is 31.8 Å². The predicted molar refractivity (Wildman–Crippen MR) is 136 cm³/mol. The Morgan fingerprint density at radius 3 is 2.32 bits per heavy atom. The number of hydrogen-bond acceptors (Lipinski definition) is 4. The van der Waals surface area contributed by atoms with Crippen molar-refractivity contribution in [3.63, 3.8) is 0 Å². The monoisotopic (exact) mass is 660 g/mol. The van der Waals surface area contributed by atoms with E-state index < -0.39 is 5.97 Å². The van der Waals surface area contributed by atoms with E-state index in [9.17, 15) is 9.59 Å². The molecule has 0 fully saturated rings. The SMILES string of the molecule is O=C(O)c1ccc(COc2c(I)cc(/C=N\NC(=O)c3ccccc3Cl)cc2I)cc1. The van der Waals surface area contributed by atoms with Gasteiger partial charge in [0.15, 0.2) is 0 Å². The molecule has 31 heavy (non-hydrogen) atoms. The molecule has 3 aromatic carbocycles. The van der Waals surface area contributed by atoms with Crippen LogP contribution in [-0.2, 0) is 6.61 Å². The fourth-order valence-electron chi connectivity index (χ4n) is 2.56. The van der Waals surface area contributed by atoms with Crippen molar-refractivity contribution >= 4 is 74.9 Å². The van der Waals surface area contributed by atoms with Crippen LogP contribution in [0.5, 0.6) is 5.75 Å². The molecule has 6 nitrogen and oxygen atoms in total. The lowest BCUT2D eigenvalue weighted by atomic mass is 10.1. The molecule has 0 aliphatic carbocycles. The van der Waals surface area contributed by atoms with Gasteiger partial charge in [-0.05, 0) is 92.7 Å². The van der Waals surface area contributed by atoms with Crippen LogP contribution in [0.15, 0.2) is 65.8 Å². The van der Waals surface area contributed by atoms with Crippen LogP contribution in [0.4, 0.5) is 0 Å². The van der Waals surface area contributed by atoms with Crippen molar-refractivity contribution in [2.75, 3.05) is 0 Å². The summed E-state index contributed by atoms with van der Waals surface area (Å²) in [5, 5.41) is 13.3. The largest absolute Gasteiger partial charge is 0.487 e. The number of nitrogens with one attached hydrogen (secondary N) is 1. The number of carboxylic acid groups (broad SMARTS) is 1. The molecule has 0 atom stereocenters. The standard InChI is InChI=1S/C22H15ClI2N2O4/c23-17-4-2-1-3-16(17)21(28)27-26-11-14-9-18(24)20(19(25)10-14)31-12-13-5-7-15(8-6-13)22(29)30/h1-11H,12H2,(H,27,28)(H,29,30)/b26-11-. The number of aromatic carboxylic acids is 1. The first kappa shape index (κ1) is 23.5. The summed E-state index contributed by atoms with van der Waals surface area (Å²) in [6.45, 7) is 0.313. The number of ether oxygens (including phenoxy) is 1. The number of carboxylic acids is 1. The van der Waals surface area contributed by atoms with Gasteiger partial charge in [0.25, 0.3) is 5.91 Å². The molecule has 158 valence electrons. The van der Waals surface area contributed by atoms with Gasteiger partial charge in [-0.1, -0.05) is 35.9 Å². The second-order valence-electron chi connectivity index (χ2n) is 6.28. The number of nitrogens with zero attached hydrogens (tertiary/aromatic N) is 1. The second-order valence-corrected chi connectivity index (χ2v) is 9.01. The highest BCUT2D eigenvalue weighted by atomic mass is 127. The minimum Gasteiger partial charge on any atom is -0.487 e. The maximum absolute atomic E-state index is 12.2. The normalized spacial score (nSPS) is 10.8. The van der Waals surface area contributed by atoms with Crippen LogP contribution in [0.3, 0.4) is 0 Å². The van der Waals surface area contributed by atoms with Crippen LogP contribution in [0.2, 0.25) is 5.02 Å². The fourth-order valence-corrected chi connectivity index (χ4v) is 4.91. The molecule has 0 spiro atoms. The topological polar surface area (TPSA) is 88.0 Å². The maximum Gasteiger partial charge on any atom is 0.335 e. The van der Waals surface area contributed by atoms with Gasteiger partial charge in [0, 0.05) is 0 Å². The van der Waals surface area contributed by atoms with E-state index in [-0.39, 0.29) is 11.5 Å². The van der Waals surface area contributed by atoms with E-state index in [4.69, 9.17) is 21.4 Å². The molecular weight excluding hydrogens is 646 g/mol. The third-order valence-corrected chi connectivity index (χ3v) is 6.04. The van der Waals surface area contributed by atoms with Gasteiger partial charge in [0.05, 0.1) is 29.5 Å². The molecule has 0 saturated carbocycles. The van der Waals surface area contributed by atoms with Crippen molar-refractivity contribution < 1.29 is 19.4 Å². The summed E-state index contributed by atoms with van der Waals surface area (Å²) < 4.78 is 7.69. The summed E-state index contributed by atoms with van der Waals surface area (Å²) >= 11 is 10.4. The van der Waals surface area contributed by atoms with Crippen molar-refractivity contribution in [1.82, 2.24) is 5.43 Å². The summed E-state index contributed by atoms with van der Waals surface area (Å²) in [5.74, 6) is -0.627. The number of carbonyl (C=O) groups excluding carboxylic acids is 1. The first-order valence-corrected chi connectivity index (χ1v) is 11.4. The zero-order valence-electron chi connectivity index (χ0n) is 15.8. The first-order valence-electron chi connectivity index (χ1n) is 8.87. The van der Waals surface area contributed by atoms with Crippen LogP contribution in [0.25, 0.3) is 0 Å². The molecule has 2 N–H and O–H groups in total. The number of benzene rings is 3. The Morgan fingerprint density at radius 1 is 1.06 bits per heavy atom. The summed E-state index contributed by atoms with van der Waals surface area (Å²) in [5.41, 5.74) is 4.72. The molecule has 0 unspecified atom stereocenters. The lowest BCUT2D eigenvalue weighted by molar-refractivity contribution is 0.0696. The first-order chi connectivity index (χ1) is 14.8. The third kappa shape index (κ3) is 6.40. The lowest BCUT2D eigenvalue weighted by Crippen LogP contribution is -2.18. The Hall–Kier alpha value is -2.18. The van der Waals surface area contributed by atoms with E-state index in [1.165, 1.54) is 0 Å². The van der Waals surface area contributed by atoms with Gasteiger partial charge in [-0.2, -0.15) is 5.10 Å². The number of halogens is 3. The maximum atomic E-state index is 12.2. The van der Waals surface area contributed by atoms with Crippen molar-refractivity contribution in [1.29, 1.82) is 0 Å². The molecular formula is C22H15ClI2N2O4. The zero-order chi connectivity index (χ0) is 22.4. The van der Waals surface area contributed by atoms with Crippen molar-refractivity contribution in [3.05, 3.63) is 95.1 Å². The Balaban J connectivity index is 1.64. The summed E-state index contributed by atoms with van der Waals surface area (Å²) in [6, 6.07) is 17.1. The highest BCUT2D eigenvalue weighted by molar-refractivity contribution is 14.1. The minimum atomic E-state index is -0.961. The molecule has 3 rings (SSSR count). The van der Waals surface area contributed by atoms with Crippen LogP contribution >= 0.6 is 56.8 Å². The van der Waals surface area contributed by atoms with E-state index in [1.807, 2.05) is 12.1 Å². The smallest absolute Gasteiger partial charge is 0.335 e. The molecule has 0 aromatic heterocycles. The zero-order valence-corrected chi connectivity index (χ0v) is 20.9. The molecule has 0 aliphatic rings. The molecule has 0 aliphatic heterocycles. The Bertz CT molecular complexity index is 1130. The number of rotatable bonds is 7. The van der Waals surface area contributed by atoms with Crippen LogP contribution in [0, 0.1) is 7.14 Å². The van der Waals surface area contributed by atoms with E-state index in [0.717, 1.165) is 24.0 Å². The van der Waals surface area contributed by atoms with Crippen LogP contribution in [-0.4, -0.2) is 23.2 Å². The number of hydrogen-bond donors (Lipinski definition) is 2. The summed E-state index contributed by atoms with van der Waals surface area (Å²) in [4.78, 5) is 23.1. The summed E-state index contributed by atoms with van der Waals surface area (Å²) in [6.07, 6.45) is 1.55. The average molecular weight is 661 g/mol. The van der Waals surface area contributed by atoms with Gasteiger partial charge in [-0.3, -0.25) is 4.79 Å². The van der Waals surface area contributed by atoms with E-state index >= 15 is 0 Å². The van der Waals surface area contributed by atoms with Crippen molar-refractivity contribution in [2.24, 2.45) is 5.10 Å². The number of carbonyl (C=O) groups is 2. The molecule has 3 aromatic rings. The van der Waals surface area contributed by atoms with Gasteiger partial charge in [0.2, 0.25) is 0 Å². The van der Waals surface area contributed by atoms with Gasteiger partial charge in [-0.15, -0.1) is 0 Å². The highest BCUT2D eigenvalue weighted by Gasteiger charge is 2.11. The second kappa shape index (κ2) is 10.9. The van der Waals surface area contributed by atoms with Crippen molar-refractivity contribution in [2.45, 2.75) is 6.61 Å². The Morgan fingerprint density at radius 2 is 1.71 bits per heavy atom. The Kier molecular flexibility index (Phi) is 8.27. The molecule has 0 heterocycles. The van der Waals surface area contributed by atoms with E-state index in [2.05, 4.69) is 55.7 Å². The van der Waals surface area contributed by atoms with Gasteiger partial charge >= 0.3 is 5.97 Å². The predicted octanol–water partition coefficient (Wildman–Crippen LogP) is 5.59. The minimum absolute atomic E-state index is 0.234. The highest BCUT2D eigenvalue weighted by Crippen LogP contribution is 2.29. The molecule has 0 bridgehead atoms.